The molecule has 1 saturated heterocycles. The highest BCUT2D eigenvalue weighted by Crippen LogP contribution is 2.47. The highest BCUT2D eigenvalue weighted by Gasteiger charge is 2.51. The van der Waals surface area contributed by atoms with Gasteiger partial charge in [0, 0.05) is 51.9 Å². The van der Waals surface area contributed by atoms with E-state index in [0.29, 0.717) is 32.0 Å². The molecule has 142 valence electrons. The minimum Gasteiger partial charge on any atom is -0.385 e. The molecule has 0 radical (unpaired) electrons. The lowest BCUT2D eigenvalue weighted by atomic mass is 9.94. The van der Waals surface area contributed by atoms with Crippen molar-refractivity contribution in [2.45, 2.75) is 30.4 Å². The van der Waals surface area contributed by atoms with Crippen LogP contribution in [0.15, 0.2) is 11.0 Å². The van der Waals surface area contributed by atoms with Gasteiger partial charge in [-0.2, -0.15) is 4.98 Å². The Balaban J connectivity index is 2.35. The van der Waals surface area contributed by atoms with Gasteiger partial charge in [-0.05, 0) is 6.92 Å². The Morgan fingerprint density at radius 2 is 2.04 bits per heavy atom. The molecule has 1 fully saturated rings. The number of nitrogen functional groups attached to an aromatic ring is 1. The van der Waals surface area contributed by atoms with Crippen LogP contribution in [-0.2, 0) is 18.9 Å². The summed E-state index contributed by atoms with van der Waals surface area (Å²) in [5.74, 6) is 0.934. The molecule has 1 aromatic rings. The van der Waals surface area contributed by atoms with Gasteiger partial charge in [-0.1, -0.05) is 0 Å². The predicted octanol–water partition coefficient (Wildman–Crippen LogP) is 0.833. The standard InChI is InChI=1S/C16H27N3O5S/c1-11-9-19(15(20)18-13(11)17)14-12(24-8-7-22-3)16(23-4,10-25-14)5-6-21-2/h9,12,14H,5-8,10H2,1-4H3,(H2,17,18,20)/t12?,14-,16?/m1/s1. The van der Waals surface area contributed by atoms with E-state index in [9.17, 15) is 4.79 Å². The molecular weight excluding hydrogens is 346 g/mol. The first-order chi connectivity index (χ1) is 12.0. The van der Waals surface area contributed by atoms with Crippen LogP contribution in [-0.4, -0.2) is 68.2 Å². The first-order valence-electron chi connectivity index (χ1n) is 8.10. The Morgan fingerprint density at radius 1 is 1.32 bits per heavy atom. The van der Waals surface area contributed by atoms with Gasteiger partial charge in [-0.15, -0.1) is 11.8 Å². The lowest BCUT2D eigenvalue weighted by Gasteiger charge is -2.35. The molecule has 2 unspecified atom stereocenters. The van der Waals surface area contributed by atoms with Gasteiger partial charge in [0.05, 0.1) is 13.2 Å². The fourth-order valence-electron chi connectivity index (χ4n) is 2.90. The molecule has 2 N–H and O–H groups in total. The third-order valence-electron chi connectivity index (χ3n) is 4.44. The molecular formula is C16H27N3O5S. The number of rotatable bonds is 9. The summed E-state index contributed by atoms with van der Waals surface area (Å²) in [6.07, 6.45) is 2.06. The van der Waals surface area contributed by atoms with E-state index in [0.717, 1.165) is 5.56 Å². The molecule has 0 amide bonds. The molecule has 0 aromatic carbocycles. The number of nitrogens with two attached hydrogens (primary N) is 1. The minimum atomic E-state index is -0.548. The van der Waals surface area contributed by atoms with Gasteiger partial charge in [-0.3, -0.25) is 4.57 Å². The van der Waals surface area contributed by atoms with Crippen LogP contribution in [0.5, 0.6) is 0 Å². The van der Waals surface area contributed by atoms with E-state index >= 15 is 0 Å². The number of methoxy groups -OCH3 is 3. The molecule has 1 aromatic heterocycles. The Labute approximate surface area is 152 Å². The molecule has 0 saturated carbocycles. The average molecular weight is 373 g/mol. The van der Waals surface area contributed by atoms with Crippen molar-refractivity contribution in [3.63, 3.8) is 0 Å². The van der Waals surface area contributed by atoms with E-state index in [-0.39, 0.29) is 23.0 Å². The number of anilines is 1. The van der Waals surface area contributed by atoms with Crippen molar-refractivity contribution in [2.75, 3.05) is 52.6 Å². The molecule has 2 heterocycles. The van der Waals surface area contributed by atoms with Crippen molar-refractivity contribution >= 4 is 17.6 Å². The number of aryl methyl sites for hydroxylation is 1. The van der Waals surface area contributed by atoms with Gasteiger partial charge in [-0.25, -0.2) is 4.79 Å². The molecule has 8 nitrogen and oxygen atoms in total. The highest BCUT2D eigenvalue weighted by molar-refractivity contribution is 7.99. The van der Waals surface area contributed by atoms with E-state index < -0.39 is 5.60 Å². The van der Waals surface area contributed by atoms with Gasteiger partial charge < -0.3 is 24.7 Å². The van der Waals surface area contributed by atoms with E-state index in [4.69, 9.17) is 24.7 Å². The molecule has 25 heavy (non-hydrogen) atoms. The molecule has 3 atom stereocenters. The van der Waals surface area contributed by atoms with E-state index in [2.05, 4.69) is 4.98 Å². The summed E-state index contributed by atoms with van der Waals surface area (Å²) in [7, 11) is 4.94. The Hall–Kier alpha value is -1.13. The molecule has 0 aliphatic carbocycles. The lowest BCUT2D eigenvalue weighted by Crippen LogP contribution is -2.48. The zero-order chi connectivity index (χ0) is 18.4. The first kappa shape index (κ1) is 20.2. The lowest BCUT2D eigenvalue weighted by molar-refractivity contribution is -0.132. The summed E-state index contributed by atoms with van der Waals surface area (Å²) in [6, 6.07) is 0. The van der Waals surface area contributed by atoms with Gasteiger partial charge >= 0.3 is 5.69 Å². The number of hydrogen-bond donors (Lipinski definition) is 1. The maximum atomic E-state index is 12.4. The van der Waals surface area contributed by atoms with Crippen LogP contribution in [0.3, 0.4) is 0 Å². The zero-order valence-electron chi connectivity index (χ0n) is 15.2. The molecule has 1 aliphatic heterocycles. The number of hydrogen-bond acceptors (Lipinski definition) is 8. The van der Waals surface area contributed by atoms with Gasteiger partial charge in [0.15, 0.2) is 0 Å². The molecule has 9 heteroatoms. The zero-order valence-corrected chi connectivity index (χ0v) is 16.0. The molecule has 0 bridgehead atoms. The Morgan fingerprint density at radius 3 is 2.68 bits per heavy atom. The predicted molar refractivity (Wildman–Crippen MR) is 97.0 cm³/mol. The summed E-state index contributed by atoms with van der Waals surface area (Å²) in [5, 5.41) is -0.257. The van der Waals surface area contributed by atoms with Crippen molar-refractivity contribution in [2.24, 2.45) is 0 Å². The fraction of sp³-hybridized carbons (Fsp3) is 0.750. The van der Waals surface area contributed by atoms with Crippen LogP contribution in [0.1, 0.15) is 17.4 Å². The van der Waals surface area contributed by atoms with E-state index in [1.807, 2.05) is 6.92 Å². The monoisotopic (exact) mass is 373 g/mol. The van der Waals surface area contributed by atoms with Gasteiger partial charge in [0.2, 0.25) is 0 Å². The van der Waals surface area contributed by atoms with Crippen LogP contribution in [0, 0.1) is 6.92 Å². The van der Waals surface area contributed by atoms with Crippen molar-refractivity contribution < 1.29 is 18.9 Å². The summed E-state index contributed by atoms with van der Waals surface area (Å²) < 4.78 is 23.9. The second kappa shape index (κ2) is 9.00. The SMILES string of the molecule is COCCOC1[C@H](n2cc(C)c(N)nc2=O)SCC1(CCOC)OC. The average Bonchev–Trinajstić information content (AvgIpc) is 2.95. The number of nitrogens with zero attached hydrogens (tertiary/aromatic N) is 2. The first-order valence-corrected chi connectivity index (χ1v) is 9.15. The molecule has 0 spiro atoms. The van der Waals surface area contributed by atoms with Gasteiger partial charge in [0.25, 0.3) is 0 Å². The second-order valence-corrected chi connectivity index (χ2v) is 7.10. The van der Waals surface area contributed by atoms with Crippen LogP contribution in [0.4, 0.5) is 5.82 Å². The summed E-state index contributed by atoms with van der Waals surface area (Å²) in [5.41, 5.74) is 5.56. The quantitative estimate of drug-likeness (QED) is 0.636. The maximum absolute atomic E-state index is 12.4. The van der Waals surface area contributed by atoms with E-state index in [1.54, 1.807) is 43.9 Å². The number of aromatic nitrogens is 2. The van der Waals surface area contributed by atoms with Crippen LogP contribution >= 0.6 is 11.8 Å². The van der Waals surface area contributed by atoms with Crippen molar-refractivity contribution in [3.8, 4) is 0 Å². The van der Waals surface area contributed by atoms with Crippen LogP contribution in [0.2, 0.25) is 0 Å². The third kappa shape index (κ3) is 4.35. The number of thioether (sulfide) groups is 1. The summed E-state index contributed by atoms with van der Waals surface area (Å²) in [6.45, 7) is 3.24. The van der Waals surface area contributed by atoms with Crippen LogP contribution < -0.4 is 11.4 Å². The minimum absolute atomic E-state index is 0.249. The number of ether oxygens (including phenoxy) is 4. The Kier molecular flexibility index (Phi) is 7.26. The van der Waals surface area contributed by atoms with Crippen LogP contribution in [0.25, 0.3) is 0 Å². The van der Waals surface area contributed by atoms with Crippen molar-refractivity contribution in [3.05, 3.63) is 22.2 Å². The van der Waals surface area contributed by atoms with E-state index in [1.165, 1.54) is 0 Å². The normalized spacial score (nSPS) is 26.2. The summed E-state index contributed by atoms with van der Waals surface area (Å²) >= 11 is 1.61. The largest absolute Gasteiger partial charge is 0.385 e. The second-order valence-electron chi connectivity index (χ2n) is 6.00. The topological polar surface area (TPSA) is 97.8 Å². The molecule has 1 aliphatic rings. The third-order valence-corrected chi connectivity index (χ3v) is 5.92. The van der Waals surface area contributed by atoms with Crippen molar-refractivity contribution in [1.82, 2.24) is 9.55 Å². The Bertz CT molecular complexity index is 626. The van der Waals surface area contributed by atoms with Gasteiger partial charge in [0.1, 0.15) is 22.9 Å². The van der Waals surface area contributed by atoms with Crippen molar-refractivity contribution in [1.29, 1.82) is 0 Å². The highest BCUT2D eigenvalue weighted by atomic mass is 32.2. The summed E-state index contributed by atoms with van der Waals surface area (Å²) in [4.78, 5) is 16.3. The fourth-order valence-corrected chi connectivity index (χ4v) is 4.59. The smallest absolute Gasteiger partial charge is 0.350 e. The molecule has 2 rings (SSSR count). The maximum Gasteiger partial charge on any atom is 0.350 e.